The molecule has 0 aliphatic rings. The van der Waals surface area contributed by atoms with Gasteiger partial charge in [0.1, 0.15) is 6.54 Å². The summed E-state index contributed by atoms with van der Waals surface area (Å²) in [4.78, 5) is 11.1. The van der Waals surface area contributed by atoms with Crippen LogP contribution in [0.5, 0.6) is 0 Å². The van der Waals surface area contributed by atoms with Crippen molar-refractivity contribution >= 4 is 16.0 Å². The Kier molecular flexibility index (Phi) is 6.36. The second kappa shape index (κ2) is 7.56. The highest BCUT2D eigenvalue weighted by Crippen LogP contribution is 2.20. The van der Waals surface area contributed by atoms with Gasteiger partial charge in [-0.15, -0.1) is 0 Å². The minimum atomic E-state index is -3.79. The van der Waals surface area contributed by atoms with Crippen LogP contribution in [0.2, 0.25) is 0 Å². The number of carboxylic acid groups (broad SMARTS) is 1. The van der Waals surface area contributed by atoms with E-state index in [1.54, 1.807) is 31.2 Å². The van der Waals surface area contributed by atoms with Crippen LogP contribution < -0.4 is 0 Å². The number of carbonyl (C=O) groups is 1. The maximum Gasteiger partial charge on any atom is 0.318 e. The molecule has 0 aliphatic carbocycles. The molecule has 1 unspecified atom stereocenters. The summed E-state index contributed by atoms with van der Waals surface area (Å²) in [5, 5.41) is 8.95. The average molecular weight is 313 g/mol. The Morgan fingerprint density at radius 3 is 2.24 bits per heavy atom. The summed E-state index contributed by atoms with van der Waals surface area (Å²) in [7, 11) is -3.79. The van der Waals surface area contributed by atoms with Gasteiger partial charge in [0.05, 0.1) is 4.90 Å². The van der Waals surface area contributed by atoms with Crippen molar-refractivity contribution in [2.45, 2.75) is 51.0 Å². The smallest absolute Gasteiger partial charge is 0.318 e. The summed E-state index contributed by atoms with van der Waals surface area (Å²) in [5.41, 5.74) is 1.07. The van der Waals surface area contributed by atoms with E-state index < -0.39 is 22.5 Å². The zero-order chi connectivity index (χ0) is 16.0. The number of nitrogens with zero attached hydrogens (tertiary/aromatic N) is 1. The lowest BCUT2D eigenvalue weighted by molar-refractivity contribution is -0.137. The van der Waals surface area contributed by atoms with Gasteiger partial charge in [-0.3, -0.25) is 4.79 Å². The van der Waals surface area contributed by atoms with E-state index in [1.807, 2.05) is 6.92 Å². The second-order valence-electron chi connectivity index (χ2n) is 5.10. The van der Waals surface area contributed by atoms with Gasteiger partial charge >= 0.3 is 5.97 Å². The number of sulfonamides is 1. The normalized spacial score (nSPS) is 13.3. The van der Waals surface area contributed by atoms with E-state index in [2.05, 4.69) is 6.92 Å². The molecule has 1 rings (SSSR count). The highest BCUT2D eigenvalue weighted by molar-refractivity contribution is 7.89. The van der Waals surface area contributed by atoms with Crippen molar-refractivity contribution in [1.82, 2.24) is 4.31 Å². The molecule has 6 heteroatoms. The molecule has 0 amide bonds. The highest BCUT2D eigenvalue weighted by Gasteiger charge is 2.30. The van der Waals surface area contributed by atoms with Crippen molar-refractivity contribution in [1.29, 1.82) is 0 Å². The average Bonchev–Trinajstić information content (AvgIpc) is 2.44. The van der Waals surface area contributed by atoms with Gasteiger partial charge in [0.2, 0.25) is 10.0 Å². The highest BCUT2D eigenvalue weighted by atomic mass is 32.2. The fourth-order valence-electron chi connectivity index (χ4n) is 2.07. The van der Waals surface area contributed by atoms with Crippen molar-refractivity contribution in [2.24, 2.45) is 0 Å². The number of carboxylic acids is 1. The first-order valence-electron chi connectivity index (χ1n) is 7.15. The van der Waals surface area contributed by atoms with Gasteiger partial charge in [0.25, 0.3) is 0 Å². The Bertz CT molecular complexity index is 566. The third kappa shape index (κ3) is 4.54. The standard InChI is InChI=1S/C15H23NO4S/c1-4-6-13-7-9-14(10-8-13)21(19,20)16(11-15(17)18)12(3)5-2/h7-10,12H,4-6,11H2,1-3H3,(H,17,18). The van der Waals surface area contributed by atoms with Gasteiger partial charge in [-0.25, -0.2) is 8.42 Å². The van der Waals surface area contributed by atoms with Crippen LogP contribution in [0.3, 0.4) is 0 Å². The minimum absolute atomic E-state index is 0.143. The molecular weight excluding hydrogens is 290 g/mol. The van der Waals surface area contributed by atoms with E-state index in [-0.39, 0.29) is 10.9 Å². The predicted molar refractivity (Wildman–Crippen MR) is 81.7 cm³/mol. The van der Waals surface area contributed by atoms with Gasteiger partial charge in [0.15, 0.2) is 0 Å². The van der Waals surface area contributed by atoms with Gasteiger partial charge < -0.3 is 5.11 Å². The molecule has 0 bridgehead atoms. The van der Waals surface area contributed by atoms with Crippen molar-refractivity contribution in [3.8, 4) is 0 Å². The predicted octanol–water partition coefficient (Wildman–Crippen LogP) is 2.51. The zero-order valence-electron chi connectivity index (χ0n) is 12.7. The first-order valence-corrected chi connectivity index (χ1v) is 8.59. The number of rotatable bonds is 8. The molecule has 0 aromatic heterocycles. The molecule has 0 spiro atoms. The molecule has 1 aromatic carbocycles. The molecule has 1 atom stereocenters. The molecular formula is C15H23NO4S. The van der Waals surface area contributed by atoms with E-state index in [1.165, 1.54) is 0 Å². The Hall–Kier alpha value is -1.40. The fraction of sp³-hybridized carbons (Fsp3) is 0.533. The lowest BCUT2D eigenvalue weighted by atomic mass is 10.1. The summed E-state index contributed by atoms with van der Waals surface area (Å²) < 4.78 is 26.2. The summed E-state index contributed by atoms with van der Waals surface area (Å²) in [5.74, 6) is -1.15. The topological polar surface area (TPSA) is 74.7 Å². The van der Waals surface area contributed by atoms with E-state index in [0.717, 1.165) is 22.7 Å². The third-order valence-electron chi connectivity index (χ3n) is 3.44. The van der Waals surface area contributed by atoms with Crippen molar-refractivity contribution in [3.05, 3.63) is 29.8 Å². The van der Waals surface area contributed by atoms with Crippen LogP contribution >= 0.6 is 0 Å². The summed E-state index contributed by atoms with van der Waals surface area (Å²) in [6.45, 7) is 5.08. The van der Waals surface area contributed by atoms with Crippen LogP contribution in [0, 0.1) is 0 Å². The first kappa shape index (κ1) is 17.7. The molecule has 0 aliphatic heterocycles. The molecule has 0 fully saturated rings. The molecule has 5 nitrogen and oxygen atoms in total. The van der Waals surface area contributed by atoms with Crippen LogP contribution in [0.15, 0.2) is 29.2 Å². The molecule has 0 saturated carbocycles. The van der Waals surface area contributed by atoms with Crippen molar-refractivity contribution < 1.29 is 18.3 Å². The van der Waals surface area contributed by atoms with Crippen LogP contribution in [0.4, 0.5) is 0 Å². The SMILES string of the molecule is CCCc1ccc(S(=O)(=O)N(CC(=O)O)C(C)CC)cc1. The van der Waals surface area contributed by atoms with Gasteiger partial charge in [0, 0.05) is 6.04 Å². The van der Waals surface area contributed by atoms with Crippen LogP contribution in [0.1, 0.15) is 39.2 Å². The van der Waals surface area contributed by atoms with Crippen LogP contribution in [0.25, 0.3) is 0 Å². The fourth-order valence-corrected chi connectivity index (χ4v) is 3.72. The van der Waals surface area contributed by atoms with Crippen molar-refractivity contribution in [3.63, 3.8) is 0 Å². The van der Waals surface area contributed by atoms with Crippen LogP contribution in [-0.2, 0) is 21.2 Å². The summed E-state index contributed by atoms with van der Waals surface area (Å²) >= 11 is 0. The van der Waals surface area contributed by atoms with Crippen molar-refractivity contribution in [2.75, 3.05) is 6.54 Å². The van der Waals surface area contributed by atoms with Gasteiger partial charge in [-0.1, -0.05) is 32.4 Å². The Morgan fingerprint density at radius 1 is 1.24 bits per heavy atom. The van der Waals surface area contributed by atoms with Gasteiger partial charge in [-0.05, 0) is 37.5 Å². The monoisotopic (exact) mass is 313 g/mol. The Morgan fingerprint density at radius 2 is 1.81 bits per heavy atom. The van der Waals surface area contributed by atoms with E-state index >= 15 is 0 Å². The summed E-state index contributed by atoms with van der Waals surface area (Å²) in [6, 6.07) is 6.31. The Balaban J connectivity index is 3.12. The second-order valence-corrected chi connectivity index (χ2v) is 6.99. The maximum absolute atomic E-state index is 12.6. The number of hydrogen-bond donors (Lipinski definition) is 1. The molecule has 0 heterocycles. The Labute approximate surface area is 126 Å². The minimum Gasteiger partial charge on any atom is -0.480 e. The molecule has 21 heavy (non-hydrogen) atoms. The zero-order valence-corrected chi connectivity index (χ0v) is 13.6. The lowest BCUT2D eigenvalue weighted by Crippen LogP contribution is -2.41. The number of aliphatic carboxylic acids is 1. The number of aryl methyl sites for hydroxylation is 1. The number of benzene rings is 1. The lowest BCUT2D eigenvalue weighted by Gasteiger charge is -2.26. The largest absolute Gasteiger partial charge is 0.480 e. The quantitative estimate of drug-likeness (QED) is 0.800. The van der Waals surface area contributed by atoms with E-state index in [9.17, 15) is 13.2 Å². The number of hydrogen-bond acceptors (Lipinski definition) is 3. The van der Waals surface area contributed by atoms with Crippen LogP contribution in [-0.4, -0.2) is 36.4 Å². The summed E-state index contributed by atoms with van der Waals surface area (Å²) in [6.07, 6.45) is 2.44. The maximum atomic E-state index is 12.6. The first-order chi connectivity index (χ1) is 9.82. The van der Waals surface area contributed by atoms with E-state index in [4.69, 9.17) is 5.11 Å². The molecule has 1 N–H and O–H groups in total. The molecule has 0 radical (unpaired) electrons. The molecule has 118 valence electrons. The molecule has 0 saturated heterocycles. The van der Waals surface area contributed by atoms with E-state index in [0.29, 0.717) is 6.42 Å². The third-order valence-corrected chi connectivity index (χ3v) is 5.42. The van der Waals surface area contributed by atoms with Gasteiger partial charge in [-0.2, -0.15) is 4.31 Å². The molecule has 1 aromatic rings.